The summed E-state index contributed by atoms with van der Waals surface area (Å²) in [5, 5.41) is 0. The molecule has 0 aliphatic heterocycles. The molecule has 0 spiro atoms. The SMILES string of the molecule is COc1cc(O[P+](=O)Oc2ccc(N)c(OC)c2)ccc1N. The highest BCUT2D eigenvalue weighted by Gasteiger charge is 2.25. The molecular weight excluding hydrogens is 307 g/mol. The van der Waals surface area contributed by atoms with Crippen molar-refractivity contribution in [3.05, 3.63) is 36.4 Å². The average molecular weight is 323 g/mol. The Morgan fingerprint density at radius 3 is 1.59 bits per heavy atom. The van der Waals surface area contributed by atoms with E-state index in [1.165, 1.54) is 26.4 Å². The Labute approximate surface area is 128 Å². The van der Waals surface area contributed by atoms with E-state index in [4.69, 9.17) is 30.0 Å². The van der Waals surface area contributed by atoms with Gasteiger partial charge in [-0.15, -0.1) is 0 Å². The molecule has 0 atom stereocenters. The normalized spacial score (nSPS) is 9.91. The third-order valence-corrected chi connectivity index (χ3v) is 3.49. The first-order valence-corrected chi connectivity index (χ1v) is 7.33. The molecular formula is C14H16N2O5P+. The molecule has 0 saturated heterocycles. The molecule has 7 nitrogen and oxygen atoms in total. The van der Waals surface area contributed by atoms with E-state index in [1.54, 1.807) is 24.3 Å². The van der Waals surface area contributed by atoms with Crippen molar-refractivity contribution >= 4 is 19.6 Å². The summed E-state index contributed by atoms with van der Waals surface area (Å²) in [6.07, 6.45) is 0. The summed E-state index contributed by atoms with van der Waals surface area (Å²) in [4.78, 5) is 0. The van der Waals surface area contributed by atoms with Crippen LogP contribution in [0.3, 0.4) is 0 Å². The fourth-order valence-corrected chi connectivity index (χ4v) is 2.30. The van der Waals surface area contributed by atoms with E-state index < -0.39 is 8.25 Å². The van der Waals surface area contributed by atoms with Crippen molar-refractivity contribution in [2.45, 2.75) is 0 Å². The molecule has 2 aromatic rings. The Kier molecular flexibility index (Phi) is 4.91. The lowest BCUT2D eigenvalue weighted by Gasteiger charge is -2.04. The van der Waals surface area contributed by atoms with Gasteiger partial charge < -0.3 is 20.9 Å². The molecule has 0 aromatic heterocycles. The van der Waals surface area contributed by atoms with Crippen LogP contribution >= 0.6 is 8.25 Å². The third-order valence-electron chi connectivity index (χ3n) is 2.77. The molecule has 0 amide bonds. The number of hydrogen-bond donors (Lipinski definition) is 2. The number of ether oxygens (including phenoxy) is 2. The summed E-state index contributed by atoms with van der Waals surface area (Å²) in [5.74, 6) is 1.48. The Balaban J connectivity index is 2.07. The fraction of sp³-hybridized carbons (Fsp3) is 0.143. The molecule has 8 heteroatoms. The minimum absolute atomic E-state index is 0.314. The van der Waals surface area contributed by atoms with Crippen LogP contribution in [0.1, 0.15) is 0 Å². The van der Waals surface area contributed by atoms with Gasteiger partial charge in [0.2, 0.25) is 0 Å². The van der Waals surface area contributed by atoms with Gasteiger partial charge in [-0.25, -0.2) is 9.05 Å². The molecule has 0 radical (unpaired) electrons. The molecule has 0 unspecified atom stereocenters. The molecule has 0 aliphatic rings. The van der Waals surface area contributed by atoms with Crippen LogP contribution in [-0.2, 0) is 4.57 Å². The second-order valence-corrected chi connectivity index (χ2v) is 5.03. The standard InChI is InChI=1S/C14H16N2O5P/c1-18-13-7-9(3-5-11(13)15)20-22(17)21-10-4-6-12(16)14(8-10)19-2/h3-8H,15-16H2,1-2H3/q+1. The summed E-state index contributed by atoms with van der Waals surface area (Å²) >= 11 is 0. The van der Waals surface area contributed by atoms with E-state index in [0.717, 1.165) is 0 Å². The number of benzene rings is 2. The van der Waals surface area contributed by atoms with Crippen LogP contribution in [0.2, 0.25) is 0 Å². The van der Waals surface area contributed by atoms with Crippen LogP contribution in [0.4, 0.5) is 11.4 Å². The van der Waals surface area contributed by atoms with E-state index in [1.807, 2.05) is 0 Å². The number of anilines is 2. The third kappa shape index (κ3) is 3.71. The molecule has 4 N–H and O–H groups in total. The number of methoxy groups -OCH3 is 2. The molecule has 0 fully saturated rings. The lowest BCUT2D eigenvalue weighted by Crippen LogP contribution is -1.95. The first-order valence-electron chi connectivity index (χ1n) is 6.23. The monoisotopic (exact) mass is 323 g/mol. The van der Waals surface area contributed by atoms with Crippen LogP contribution in [0.25, 0.3) is 0 Å². The van der Waals surface area contributed by atoms with Gasteiger partial charge in [-0.05, 0) is 24.3 Å². The van der Waals surface area contributed by atoms with Crippen LogP contribution in [0, 0.1) is 0 Å². The number of hydrogen-bond acceptors (Lipinski definition) is 7. The quantitative estimate of drug-likeness (QED) is 0.621. The highest BCUT2D eigenvalue weighted by Crippen LogP contribution is 2.36. The molecule has 2 rings (SSSR count). The Morgan fingerprint density at radius 1 is 0.818 bits per heavy atom. The predicted molar refractivity (Wildman–Crippen MR) is 83.7 cm³/mol. The molecule has 116 valence electrons. The summed E-state index contributed by atoms with van der Waals surface area (Å²) in [6, 6.07) is 9.36. The molecule has 0 bridgehead atoms. The molecule has 0 saturated carbocycles. The van der Waals surface area contributed by atoms with Crippen molar-refractivity contribution in [1.29, 1.82) is 0 Å². The topological polar surface area (TPSA) is 106 Å². The fourth-order valence-electron chi connectivity index (χ4n) is 1.69. The minimum atomic E-state index is -2.43. The van der Waals surface area contributed by atoms with Gasteiger partial charge in [-0.2, -0.15) is 0 Å². The second-order valence-electron chi connectivity index (χ2n) is 4.21. The van der Waals surface area contributed by atoms with E-state index in [-0.39, 0.29) is 0 Å². The van der Waals surface area contributed by atoms with Crippen molar-refractivity contribution in [2.24, 2.45) is 0 Å². The summed E-state index contributed by atoms with van der Waals surface area (Å²) < 4.78 is 32.4. The van der Waals surface area contributed by atoms with Gasteiger partial charge in [0.1, 0.15) is 11.5 Å². The van der Waals surface area contributed by atoms with E-state index in [9.17, 15) is 4.57 Å². The smallest absolute Gasteiger partial charge is 0.494 e. The van der Waals surface area contributed by atoms with Crippen LogP contribution in [-0.4, -0.2) is 14.2 Å². The largest absolute Gasteiger partial charge is 0.805 e. The molecule has 0 heterocycles. The zero-order valence-electron chi connectivity index (χ0n) is 12.1. The highest BCUT2D eigenvalue weighted by molar-refractivity contribution is 7.34. The second kappa shape index (κ2) is 6.87. The summed E-state index contributed by atoms with van der Waals surface area (Å²) in [5.41, 5.74) is 12.3. The van der Waals surface area contributed by atoms with Gasteiger partial charge >= 0.3 is 8.25 Å². The summed E-state index contributed by atoms with van der Waals surface area (Å²) in [6.45, 7) is 0. The Hall–Kier alpha value is -2.66. The molecule has 2 aromatic carbocycles. The zero-order chi connectivity index (χ0) is 16.1. The van der Waals surface area contributed by atoms with Crippen LogP contribution < -0.4 is 30.0 Å². The van der Waals surface area contributed by atoms with Gasteiger partial charge in [-0.1, -0.05) is 0 Å². The van der Waals surface area contributed by atoms with Crippen molar-refractivity contribution in [3.63, 3.8) is 0 Å². The maximum absolute atomic E-state index is 11.9. The number of rotatable bonds is 6. The highest BCUT2D eigenvalue weighted by atomic mass is 31.1. The van der Waals surface area contributed by atoms with Crippen molar-refractivity contribution in [2.75, 3.05) is 25.7 Å². The predicted octanol–water partition coefficient (Wildman–Crippen LogP) is 2.98. The van der Waals surface area contributed by atoms with E-state index in [0.29, 0.717) is 34.4 Å². The van der Waals surface area contributed by atoms with Gasteiger partial charge in [0.05, 0.1) is 25.6 Å². The van der Waals surface area contributed by atoms with Gasteiger partial charge in [-0.3, -0.25) is 0 Å². The van der Waals surface area contributed by atoms with Crippen LogP contribution in [0.5, 0.6) is 23.0 Å². The number of nitrogens with two attached hydrogens (primary N) is 2. The zero-order valence-corrected chi connectivity index (χ0v) is 13.0. The van der Waals surface area contributed by atoms with E-state index in [2.05, 4.69) is 0 Å². The lowest BCUT2D eigenvalue weighted by molar-refractivity contribution is 0.399. The van der Waals surface area contributed by atoms with Gasteiger partial charge in [0, 0.05) is 16.7 Å². The van der Waals surface area contributed by atoms with Crippen molar-refractivity contribution in [3.8, 4) is 23.0 Å². The molecule has 0 aliphatic carbocycles. The Bertz CT molecular complexity index is 635. The lowest BCUT2D eigenvalue weighted by atomic mass is 10.3. The van der Waals surface area contributed by atoms with Crippen molar-refractivity contribution < 1.29 is 23.1 Å². The number of nitrogen functional groups attached to an aromatic ring is 2. The van der Waals surface area contributed by atoms with Gasteiger partial charge in [0.15, 0.2) is 11.5 Å². The van der Waals surface area contributed by atoms with Crippen molar-refractivity contribution in [1.82, 2.24) is 0 Å². The van der Waals surface area contributed by atoms with Gasteiger partial charge in [0.25, 0.3) is 0 Å². The maximum Gasteiger partial charge on any atom is 0.805 e. The first kappa shape index (κ1) is 15.7. The average Bonchev–Trinajstić information content (AvgIpc) is 2.51. The van der Waals surface area contributed by atoms with Crippen LogP contribution in [0.15, 0.2) is 36.4 Å². The van der Waals surface area contributed by atoms with E-state index >= 15 is 0 Å². The maximum atomic E-state index is 11.9. The summed E-state index contributed by atoms with van der Waals surface area (Å²) in [7, 11) is 0.528. The minimum Gasteiger partial charge on any atom is -0.494 e. The Morgan fingerprint density at radius 2 is 1.23 bits per heavy atom. The first-order chi connectivity index (χ1) is 10.5. The molecule has 22 heavy (non-hydrogen) atoms.